The lowest BCUT2D eigenvalue weighted by molar-refractivity contribution is -0.379. The molecular formula is C98H187NO18. The van der Waals surface area contributed by atoms with Crippen molar-refractivity contribution in [3.63, 3.8) is 0 Å². The average Bonchev–Trinajstić information content (AvgIpc) is 0.780. The van der Waals surface area contributed by atoms with Crippen molar-refractivity contribution in [2.24, 2.45) is 0 Å². The number of allylic oxidation sites excluding steroid dienone is 3. The van der Waals surface area contributed by atoms with E-state index < -0.39 is 124 Å². The minimum atomic E-state index is -1.98. The maximum atomic E-state index is 13.5. The molecule has 0 aromatic rings. The maximum absolute atomic E-state index is 13.5. The number of hydrogen-bond donors (Lipinski definition) is 12. The summed E-state index contributed by atoms with van der Waals surface area (Å²) in [5, 5.41) is 121. The van der Waals surface area contributed by atoms with Crippen molar-refractivity contribution < 1.29 is 89.4 Å². The van der Waals surface area contributed by atoms with Crippen LogP contribution in [0.4, 0.5) is 0 Å². The Balaban J connectivity index is 1.28. The predicted octanol–water partition coefficient (Wildman–Crippen LogP) is 20.8. The zero-order valence-electron chi connectivity index (χ0n) is 75.2. The van der Waals surface area contributed by atoms with Gasteiger partial charge in [0.15, 0.2) is 18.9 Å². The molecule has 3 fully saturated rings. The molecule has 0 saturated carbocycles. The first-order valence-electron chi connectivity index (χ1n) is 50.1. The van der Waals surface area contributed by atoms with E-state index in [1.54, 1.807) is 6.08 Å². The fourth-order valence-electron chi connectivity index (χ4n) is 17.3. The fraction of sp³-hybridized carbons (Fsp3) is 0.949. The SMILES string of the molecule is CCCCCCCCCCCCCCCCCCCCCCCCCCC/C=C/CC/C=C/C(O)C(COC1OC(CO)C(OC2OC(CO)C(OC3OC(CO)C(O)C(O)C3O)C(O)C2O)C(O)C1O)NC(=O)CCCCCCCCCCCCCCCCCCCCCCCCCCCCCCCCCCCCCCCCCCC. The molecule has 17 unspecified atom stereocenters. The number of aliphatic hydroxyl groups is 11. The number of ether oxygens (including phenoxy) is 6. The first kappa shape index (κ1) is 109. The molecule has 0 bridgehead atoms. The number of rotatable bonds is 84. The Morgan fingerprint density at radius 1 is 0.299 bits per heavy atom. The van der Waals surface area contributed by atoms with Gasteiger partial charge < -0.3 is 89.9 Å². The molecule has 19 nitrogen and oxygen atoms in total. The average molecular weight is 1670 g/mol. The van der Waals surface area contributed by atoms with Gasteiger partial charge in [-0.25, -0.2) is 0 Å². The van der Waals surface area contributed by atoms with Crippen molar-refractivity contribution in [3.8, 4) is 0 Å². The molecule has 1 amide bonds. The molecule has 3 heterocycles. The van der Waals surface area contributed by atoms with Crippen LogP contribution in [-0.2, 0) is 33.2 Å². The Morgan fingerprint density at radius 2 is 0.547 bits per heavy atom. The monoisotopic (exact) mass is 1670 g/mol. The van der Waals surface area contributed by atoms with Crippen LogP contribution in [-0.4, -0.2) is 193 Å². The van der Waals surface area contributed by atoms with Crippen molar-refractivity contribution in [1.82, 2.24) is 5.32 Å². The van der Waals surface area contributed by atoms with E-state index in [4.69, 9.17) is 28.4 Å². The highest BCUT2D eigenvalue weighted by atomic mass is 16.8. The van der Waals surface area contributed by atoms with Gasteiger partial charge in [0.05, 0.1) is 38.6 Å². The first-order chi connectivity index (χ1) is 57.3. The van der Waals surface area contributed by atoms with Crippen LogP contribution in [0.1, 0.15) is 463 Å². The standard InChI is InChI=1S/C98H187NO18/c1-3-5-7-9-11-13-15-17-19-21-23-25-27-29-31-33-35-36-37-38-39-40-41-42-43-44-46-48-50-52-54-56-58-60-62-64-66-68-70-72-74-76-86(104)99-81(82(103)75-73-71-69-67-65-63-61-59-57-55-53-51-49-47-45-34-32-30-28-26-24-22-20-18-16-14-12-10-8-6-4-2)80-112-96-92(110)89(107)94(84(78-101)114-96)117-98-93(111)90(108)95(85(79-102)115-98)116-97-91(109)88(106)87(105)83(77-100)113-97/h65,67,73,75,81-85,87-98,100-103,105-111H,3-64,66,68-72,74,76-80H2,1-2H3,(H,99,104)/b67-65+,75-73+. The second kappa shape index (κ2) is 77.8. The summed E-state index contributed by atoms with van der Waals surface area (Å²) in [6.07, 6.45) is 73.9. The first-order valence-corrected chi connectivity index (χ1v) is 50.1. The van der Waals surface area contributed by atoms with Crippen molar-refractivity contribution in [3.05, 3.63) is 24.3 Å². The molecule has 0 aliphatic carbocycles. The minimum Gasteiger partial charge on any atom is -0.394 e. The van der Waals surface area contributed by atoms with Gasteiger partial charge in [-0.2, -0.15) is 0 Å². The molecule has 12 N–H and O–H groups in total. The lowest BCUT2D eigenvalue weighted by atomic mass is 9.96. The largest absolute Gasteiger partial charge is 0.394 e. The van der Waals surface area contributed by atoms with E-state index in [1.807, 2.05) is 6.08 Å². The van der Waals surface area contributed by atoms with Crippen LogP contribution in [0.2, 0.25) is 0 Å². The van der Waals surface area contributed by atoms with Crippen LogP contribution in [0.15, 0.2) is 24.3 Å². The van der Waals surface area contributed by atoms with Crippen molar-refractivity contribution in [1.29, 1.82) is 0 Å². The highest BCUT2D eigenvalue weighted by Gasteiger charge is 2.54. The minimum absolute atomic E-state index is 0.242. The van der Waals surface area contributed by atoms with Crippen molar-refractivity contribution in [2.75, 3.05) is 26.4 Å². The Bertz CT molecular complexity index is 2200. The molecule has 3 saturated heterocycles. The molecule has 0 radical (unpaired) electrons. The molecule has 0 aromatic heterocycles. The predicted molar refractivity (Wildman–Crippen MR) is 476 cm³/mol. The summed E-state index contributed by atoms with van der Waals surface area (Å²) in [6.45, 7) is 1.81. The number of carbonyl (C=O) groups is 1. The number of nitrogens with one attached hydrogen (secondary N) is 1. The quantitative estimate of drug-likeness (QED) is 0.0199. The smallest absolute Gasteiger partial charge is 0.220 e. The number of aliphatic hydroxyl groups excluding tert-OH is 11. The lowest BCUT2D eigenvalue weighted by Gasteiger charge is -2.48. The zero-order valence-corrected chi connectivity index (χ0v) is 75.2. The molecule has 17 atom stereocenters. The topological polar surface area (TPSA) is 307 Å². The van der Waals surface area contributed by atoms with E-state index in [-0.39, 0.29) is 18.9 Å². The van der Waals surface area contributed by atoms with E-state index in [2.05, 4.69) is 31.3 Å². The van der Waals surface area contributed by atoms with Crippen LogP contribution >= 0.6 is 0 Å². The Kier molecular flexibility index (Phi) is 72.8. The van der Waals surface area contributed by atoms with E-state index in [0.717, 1.165) is 38.5 Å². The maximum Gasteiger partial charge on any atom is 0.220 e. The Morgan fingerprint density at radius 3 is 0.855 bits per heavy atom. The van der Waals surface area contributed by atoms with Crippen LogP contribution in [0.5, 0.6) is 0 Å². The molecule has 117 heavy (non-hydrogen) atoms. The fourth-order valence-corrected chi connectivity index (χ4v) is 17.3. The van der Waals surface area contributed by atoms with Gasteiger partial charge >= 0.3 is 0 Å². The number of amides is 1. The molecule has 0 spiro atoms. The third-order valence-corrected chi connectivity index (χ3v) is 25.3. The second-order valence-corrected chi connectivity index (χ2v) is 36.0. The van der Waals surface area contributed by atoms with E-state index in [9.17, 15) is 61.0 Å². The second-order valence-electron chi connectivity index (χ2n) is 36.0. The lowest BCUT2D eigenvalue weighted by Crippen LogP contribution is -2.66. The summed E-state index contributed by atoms with van der Waals surface area (Å²) >= 11 is 0. The molecule has 692 valence electrons. The van der Waals surface area contributed by atoms with Crippen LogP contribution in [0.25, 0.3) is 0 Å². The highest BCUT2D eigenvalue weighted by molar-refractivity contribution is 5.76. The molecule has 3 aliphatic heterocycles. The number of carbonyl (C=O) groups excluding carboxylic acids is 1. The van der Waals surface area contributed by atoms with E-state index in [0.29, 0.717) is 12.8 Å². The van der Waals surface area contributed by atoms with E-state index >= 15 is 0 Å². The summed E-state index contributed by atoms with van der Waals surface area (Å²) < 4.78 is 34.6. The summed E-state index contributed by atoms with van der Waals surface area (Å²) in [5.74, 6) is -0.274. The van der Waals surface area contributed by atoms with Gasteiger partial charge in [0, 0.05) is 6.42 Å². The van der Waals surface area contributed by atoms with Gasteiger partial charge in [-0.05, 0) is 32.1 Å². The van der Waals surface area contributed by atoms with Crippen molar-refractivity contribution >= 4 is 5.91 Å². The Labute approximate surface area is 715 Å². The van der Waals surface area contributed by atoms with Gasteiger partial charge in [0.2, 0.25) is 5.91 Å². The highest BCUT2D eigenvalue weighted by Crippen LogP contribution is 2.34. The normalized spacial score (nSPS) is 24.4. The van der Waals surface area contributed by atoms with Gasteiger partial charge in [-0.1, -0.05) is 449 Å². The molecule has 3 rings (SSSR count). The third kappa shape index (κ3) is 55.4. The summed E-state index contributed by atoms with van der Waals surface area (Å²) in [7, 11) is 0. The summed E-state index contributed by atoms with van der Waals surface area (Å²) in [5.41, 5.74) is 0. The third-order valence-electron chi connectivity index (χ3n) is 25.3. The van der Waals surface area contributed by atoms with Crippen LogP contribution in [0, 0.1) is 0 Å². The van der Waals surface area contributed by atoms with E-state index in [1.165, 1.54) is 392 Å². The number of unbranched alkanes of at least 4 members (excludes halogenated alkanes) is 66. The Hall–Kier alpha value is -1.73. The van der Waals surface area contributed by atoms with Gasteiger partial charge in [0.1, 0.15) is 73.2 Å². The molecule has 3 aliphatic rings. The van der Waals surface area contributed by atoms with Crippen LogP contribution < -0.4 is 5.32 Å². The summed E-state index contributed by atoms with van der Waals surface area (Å²) in [6, 6.07) is -0.990. The summed E-state index contributed by atoms with van der Waals surface area (Å²) in [4.78, 5) is 13.5. The number of hydrogen-bond acceptors (Lipinski definition) is 18. The zero-order chi connectivity index (χ0) is 84.5. The van der Waals surface area contributed by atoms with Gasteiger partial charge in [-0.15, -0.1) is 0 Å². The van der Waals surface area contributed by atoms with Crippen molar-refractivity contribution in [2.45, 2.75) is 568 Å². The van der Waals surface area contributed by atoms with Gasteiger partial charge in [0.25, 0.3) is 0 Å². The molecular weight excluding hydrogens is 1480 g/mol. The van der Waals surface area contributed by atoms with Gasteiger partial charge in [-0.3, -0.25) is 4.79 Å². The molecule has 19 heteroatoms. The van der Waals surface area contributed by atoms with Crippen LogP contribution in [0.3, 0.4) is 0 Å². The molecule has 0 aromatic carbocycles.